The second-order valence-corrected chi connectivity index (χ2v) is 20.3. The van der Waals surface area contributed by atoms with E-state index in [0.29, 0.717) is 0 Å². The van der Waals surface area contributed by atoms with Crippen LogP contribution < -0.4 is 4.90 Å². The van der Waals surface area contributed by atoms with Gasteiger partial charge < -0.3 is 9.47 Å². The fourth-order valence-corrected chi connectivity index (χ4v) is 13.3. The molecule has 3 aliphatic rings. The van der Waals surface area contributed by atoms with Crippen LogP contribution in [0.1, 0.15) is 47.2 Å². The number of rotatable bonds is 7. The van der Waals surface area contributed by atoms with Crippen molar-refractivity contribution in [2.75, 3.05) is 4.90 Å². The third-order valence-electron chi connectivity index (χ3n) is 16.4. The number of benzene rings is 11. The van der Waals surface area contributed by atoms with Gasteiger partial charge in [-0.25, -0.2) is 0 Å². The first kappa shape index (κ1) is 40.9. The normalized spacial score (nSPS) is 13.9. The molecule has 0 amide bonds. The zero-order valence-electron chi connectivity index (χ0n) is 40.1. The van der Waals surface area contributed by atoms with Gasteiger partial charge in [-0.05, 0) is 115 Å². The summed E-state index contributed by atoms with van der Waals surface area (Å²) in [6.07, 6.45) is 0. The molecule has 72 heavy (non-hydrogen) atoms. The second-order valence-electron chi connectivity index (χ2n) is 20.3. The van der Waals surface area contributed by atoms with E-state index in [2.05, 4.69) is 278 Å². The molecule has 1 aromatic heterocycles. The van der Waals surface area contributed by atoms with Crippen molar-refractivity contribution in [1.82, 2.24) is 4.57 Å². The van der Waals surface area contributed by atoms with Crippen molar-refractivity contribution in [3.63, 3.8) is 0 Å². The standard InChI is InChI=1S/C70H48N2/c1-69(2)62-30-17-27-56-57-28-16-26-53(67(57)72-64-31-15-13-25-55(64)58-41-43-63(69)66(65(56)62)68(58)72)47-34-38-51(39-35-47)71(50-36-32-46(33-37-50)45-18-6-3-7-19-45)52-40-42-61-59(44-52)54-24-12-14-29-60(54)70(61,48-20-8-4-9-21-48)49-22-10-5-11-23-49/h3-44H,1-2H3. The Labute approximate surface area is 420 Å². The Morgan fingerprint density at radius 2 is 0.847 bits per heavy atom. The number of hydrogen-bond acceptors (Lipinski definition) is 1. The van der Waals surface area contributed by atoms with Crippen molar-refractivity contribution in [3.05, 3.63) is 288 Å². The Balaban J connectivity index is 0.925. The number of nitrogens with zero attached hydrogens (tertiary/aromatic N) is 2. The summed E-state index contributed by atoms with van der Waals surface area (Å²) in [5, 5.41) is 2.59. The number of hydrogen-bond donors (Lipinski definition) is 0. The Morgan fingerprint density at radius 3 is 1.58 bits per heavy atom. The van der Waals surface area contributed by atoms with Gasteiger partial charge in [-0.3, -0.25) is 0 Å². The molecule has 0 fully saturated rings. The average Bonchev–Trinajstić information content (AvgIpc) is 3.99. The maximum atomic E-state index is 2.60. The van der Waals surface area contributed by atoms with E-state index in [1.165, 1.54) is 117 Å². The van der Waals surface area contributed by atoms with Crippen molar-refractivity contribution < 1.29 is 0 Å². The minimum Gasteiger partial charge on any atom is -0.310 e. The summed E-state index contributed by atoms with van der Waals surface area (Å²) in [6.45, 7) is 4.79. The van der Waals surface area contributed by atoms with Crippen molar-refractivity contribution in [2.24, 2.45) is 0 Å². The monoisotopic (exact) mass is 916 g/mol. The zero-order valence-corrected chi connectivity index (χ0v) is 40.1. The molecule has 0 unspecified atom stereocenters. The SMILES string of the molecule is CC1(C)c2cccc3c2-c2c1ccc1c4ccccc4n(c21)-c1c(-c2ccc(N(c4ccc(-c5ccccc5)cc4)c4ccc5c(c4)-c4ccccc4C5(c4ccccc4)c4ccccc4)cc2)cccc1-3. The van der Waals surface area contributed by atoms with Gasteiger partial charge in [-0.2, -0.15) is 0 Å². The van der Waals surface area contributed by atoms with Crippen LogP contribution in [0.3, 0.4) is 0 Å². The van der Waals surface area contributed by atoms with E-state index in [1.54, 1.807) is 0 Å². The summed E-state index contributed by atoms with van der Waals surface area (Å²) in [4.78, 5) is 2.43. The smallest absolute Gasteiger partial charge is 0.0713 e. The third-order valence-corrected chi connectivity index (χ3v) is 16.4. The molecular weight excluding hydrogens is 869 g/mol. The molecule has 0 N–H and O–H groups in total. The summed E-state index contributed by atoms with van der Waals surface area (Å²) in [5.74, 6) is 0. The lowest BCUT2D eigenvalue weighted by atomic mass is 9.68. The van der Waals surface area contributed by atoms with Crippen molar-refractivity contribution in [2.45, 2.75) is 24.7 Å². The van der Waals surface area contributed by atoms with Gasteiger partial charge in [0.15, 0.2) is 0 Å². The second kappa shape index (κ2) is 15.3. The molecule has 2 aliphatic carbocycles. The quantitative estimate of drug-likeness (QED) is 0.155. The molecule has 15 rings (SSSR count). The number of aromatic nitrogens is 1. The lowest BCUT2D eigenvalue weighted by Gasteiger charge is -2.34. The first-order chi connectivity index (χ1) is 35.5. The Bertz CT molecular complexity index is 4100. The van der Waals surface area contributed by atoms with Crippen LogP contribution in [-0.4, -0.2) is 4.57 Å². The zero-order chi connectivity index (χ0) is 47.7. The van der Waals surface area contributed by atoms with Crippen LogP contribution in [0.25, 0.3) is 83.1 Å². The minimum absolute atomic E-state index is 0.107. The van der Waals surface area contributed by atoms with E-state index in [1.807, 2.05) is 0 Å². The summed E-state index contributed by atoms with van der Waals surface area (Å²) in [5.41, 5.74) is 27.0. The van der Waals surface area contributed by atoms with Crippen LogP contribution in [0, 0.1) is 0 Å². The average molecular weight is 917 g/mol. The van der Waals surface area contributed by atoms with Gasteiger partial charge in [-0.15, -0.1) is 0 Å². The van der Waals surface area contributed by atoms with E-state index in [9.17, 15) is 0 Å². The molecule has 2 heterocycles. The Kier molecular flexibility index (Phi) is 8.66. The first-order valence-corrected chi connectivity index (χ1v) is 25.3. The van der Waals surface area contributed by atoms with Gasteiger partial charge in [0, 0.05) is 49.9 Å². The predicted octanol–water partition coefficient (Wildman–Crippen LogP) is 18.2. The van der Waals surface area contributed by atoms with E-state index < -0.39 is 5.41 Å². The topological polar surface area (TPSA) is 8.17 Å². The minimum atomic E-state index is -0.472. The number of anilines is 3. The largest absolute Gasteiger partial charge is 0.310 e. The molecule has 12 aromatic rings. The molecular formula is C70H48N2. The molecule has 1 aliphatic heterocycles. The van der Waals surface area contributed by atoms with Crippen LogP contribution in [0.15, 0.2) is 255 Å². The van der Waals surface area contributed by atoms with Gasteiger partial charge in [0.25, 0.3) is 0 Å². The Hall–Kier alpha value is -8.98. The van der Waals surface area contributed by atoms with Crippen LogP contribution in [0.4, 0.5) is 17.1 Å². The van der Waals surface area contributed by atoms with E-state index in [0.717, 1.165) is 17.1 Å². The lowest BCUT2D eigenvalue weighted by Crippen LogP contribution is -2.28. The van der Waals surface area contributed by atoms with Gasteiger partial charge in [0.05, 0.1) is 22.1 Å². The Morgan fingerprint density at radius 1 is 0.333 bits per heavy atom. The molecule has 2 nitrogen and oxygen atoms in total. The van der Waals surface area contributed by atoms with Gasteiger partial charge in [0.2, 0.25) is 0 Å². The molecule has 0 bridgehead atoms. The van der Waals surface area contributed by atoms with Gasteiger partial charge >= 0.3 is 0 Å². The molecule has 0 atom stereocenters. The summed E-state index contributed by atoms with van der Waals surface area (Å²) < 4.78 is 2.60. The highest BCUT2D eigenvalue weighted by molar-refractivity contribution is 6.19. The van der Waals surface area contributed by atoms with Crippen molar-refractivity contribution in [3.8, 4) is 61.3 Å². The van der Waals surface area contributed by atoms with Gasteiger partial charge in [-0.1, -0.05) is 226 Å². The summed E-state index contributed by atoms with van der Waals surface area (Å²) >= 11 is 0. The molecule has 0 spiro atoms. The summed E-state index contributed by atoms with van der Waals surface area (Å²) in [7, 11) is 0. The van der Waals surface area contributed by atoms with Gasteiger partial charge in [0.1, 0.15) is 0 Å². The van der Waals surface area contributed by atoms with Crippen molar-refractivity contribution >= 4 is 38.9 Å². The van der Waals surface area contributed by atoms with Crippen LogP contribution in [0.2, 0.25) is 0 Å². The first-order valence-electron chi connectivity index (χ1n) is 25.3. The highest BCUT2D eigenvalue weighted by Crippen LogP contribution is 2.60. The molecule has 338 valence electrons. The highest BCUT2D eigenvalue weighted by atomic mass is 15.1. The highest BCUT2D eigenvalue weighted by Gasteiger charge is 2.46. The maximum Gasteiger partial charge on any atom is 0.0713 e. The van der Waals surface area contributed by atoms with E-state index in [-0.39, 0.29) is 5.41 Å². The summed E-state index contributed by atoms with van der Waals surface area (Å²) in [6, 6.07) is 95.1. The number of fused-ring (bicyclic) bond motifs is 9. The van der Waals surface area contributed by atoms with Crippen LogP contribution in [0.5, 0.6) is 0 Å². The molecule has 11 aromatic carbocycles. The molecule has 2 heteroatoms. The molecule has 0 radical (unpaired) electrons. The fraction of sp³-hybridized carbons (Fsp3) is 0.0571. The van der Waals surface area contributed by atoms with Crippen LogP contribution in [-0.2, 0) is 10.8 Å². The fourth-order valence-electron chi connectivity index (χ4n) is 13.3. The van der Waals surface area contributed by atoms with Crippen LogP contribution >= 0.6 is 0 Å². The maximum absolute atomic E-state index is 2.60. The van der Waals surface area contributed by atoms with Crippen molar-refractivity contribution in [1.29, 1.82) is 0 Å². The van der Waals surface area contributed by atoms with E-state index in [4.69, 9.17) is 0 Å². The third kappa shape index (κ3) is 5.55. The lowest BCUT2D eigenvalue weighted by molar-refractivity contribution is 0.661. The predicted molar refractivity (Wildman–Crippen MR) is 300 cm³/mol. The van der Waals surface area contributed by atoms with E-state index >= 15 is 0 Å². The molecule has 0 saturated heterocycles. The molecule has 0 saturated carbocycles. The number of para-hydroxylation sites is 2.